The molecule has 3 aromatic rings. The molecule has 1 aromatic heterocycles. The van der Waals surface area contributed by atoms with Gasteiger partial charge in [-0.2, -0.15) is 0 Å². The molecule has 4 amide bonds. The lowest BCUT2D eigenvalue weighted by molar-refractivity contribution is -0.146. The van der Waals surface area contributed by atoms with Crippen molar-refractivity contribution in [3.05, 3.63) is 55.1 Å². The number of likely N-dealkylation sites (tertiary alicyclic amines) is 1. The topological polar surface area (TPSA) is 160 Å². The van der Waals surface area contributed by atoms with E-state index >= 15 is 0 Å². The summed E-state index contributed by atoms with van der Waals surface area (Å²) >= 11 is 0. The van der Waals surface area contributed by atoms with Gasteiger partial charge in [-0.05, 0) is 63.4 Å². The Bertz CT molecular complexity index is 2030. The number of rotatable bonds is 11. The van der Waals surface area contributed by atoms with Crippen LogP contribution in [0.4, 0.5) is 4.79 Å². The summed E-state index contributed by atoms with van der Waals surface area (Å²) in [4.78, 5) is 64.7. The van der Waals surface area contributed by atoms with Gasteiger partial charge in [-0.25, -0.2) is 14.6 Å². The minimum Gasteiger partial charge on any atom is -0.497 e. The predicted octanol–water partition coefficient (Wildman–Crippen LogP) is 4.69. The van der Waals surface area contributed by atoms with Gasteiger partial charge in [-0.3, -0.25) is 9.59 Å². The van der Waals surface area contributed by atoms with Gasteiger partial charge < -0.3 is 44.1 Å². The van der Waals surface area contributed by atoms with Crippen LogP contribution in [-0.4, -0.2) is 111 Å². The van der Waals surface area contributed by atoms with Gasteiger partial charge in [0, 0.05) is 54.0 Å². The van der Waals surface area contributed by atoms with E-state index in [-0.39, 0.29) is 38.1 Å². The molecule has 3 fully saturated rings. The zero-order chi connectivity index (χ0) is 38.7. The van der Waals surface area contributed by atoms with Crippen LogP contribution in [0.3, 0.4) is 0 Å². The first-order valence-corrected chi connectivity index (χ1v) is 18.3. The standard InChI is InChI=1S/C40H47N5O9/c1-8-24-19-40(24,37(48)49)42-35(46)30-17-26(20-44(30)36(47)34(22(2)3)43-13-14-45(38(43)50)39(4,5)6)54-32-18-28(23-9-12-31-33(15-23)53-21-52-31)41-29-16-25(51-7)10-11-27(29)32/h8-12,15-16,18,22,24,26,30,34H,1,13-14,17,19-21H2,2-7H3,(H,42,46)(H,48,49)/t24-,26-,30+,34+,40-/m1/s1. The third-order valence-electron chi connectivity index (χ3n) is 10.9. The lowest BCUT2D eigenvalue weighted by Crippen LogP contribution is -2.58. The number of carboxylic acids is 1. The normalized spacial score (nSPS) is 23.9. The maximum absolute atomic E-state index is 14.7. The Morgan fingerprint density at radius 3 is 2.50 bits per heavy atom. The molecule has 3 aliphatic heterocycles. The number of nitrogens with zero attached hydrogens (tertiary/aromatic N) is 4. The number of aliphatic carboxylic acids is 1. The maximum Gasteiger partial charge on any atom is 0.330 e. The summed E-state index contributed by atoms with van der Waals surface area (Å²) in [6, 6.07) is 10.6. The summed E-state index contributed by atoms with van der Waals surface area (Å²) in [6.45, 7) is 14.3. The largest absolute Gasteiger partial charge is 0.497 e. The third-order valence-corrected chi connectivity index (χ3v) is 10.9. The Morgan fingerprint density at radius 2 is 1.85 bits per heavy atom. The van der Waals surface area contributed by atoms with Crippen molar-refractivity contribution in [2.75, 3.05) is 33.5 Å². The molecular formula is C40H47N5O9. The van der Waals surface area contributed by atoms with E-state index in [2.05, 4.69) is 11.9 Å². The molecule has 1 aliphatic carbocycles. The van der Waals surface area contributed by atoms with Gasteiger partial charge in [0.1, 0.15) is 35.2 Å². The monoisotopic (exact) mass is 741 g/mol. The van der Waals surface area contributed by atoms with E-state index in [1.807, 2.05) is 65.0 Å². The Balaban J connectivity index is 1.23. The van der Waals surface area contributed by atoms with Gasteiger partial charge in [0.25, 0.3) is 0 Å². The SMILES string of the molecule is C=C[C@@H]1C[C@]1(NC(=O)[C@@H]1C[C@@H](Oc2cc(-c3ccc4c(c3)OCO4)nc3cc(OC)ccc23)CN1C(=O)[C@H](C(C)C)N1CCN(C(C)(C)C)C1=O)C(=O)O. The van der Waals surface area contributed by atoms with E-state index in [0.717, 1.165) is 5.56 Å². The molecular weight excluding hydrogens is 694 g/mol. The number of fused-ring (bicyclic) bond motifs is 2. The highest BCUT2D eigenvalue weighted by Crippen LogP contribution is 2.45. The van der Waals surface area contributed by atoms with Crippen molar-refractivity contribution >= 4 is 34.7 Å². The predicted molar refractivity (Wildman–Crippen MR) is 198 cm³/mol. The second-order valence-corrected chi connectivity index (χ2v) is 15.7. The maximum atomic E-state index is 14.7. The van der Waals surface area contributed by atoms with Crippen LogP contribution in [-0.2, 0) is 14.4 Å². The van der Waals surface area contributed by atoms with Crippen LogP contribution >= 0.6 is 0 Å². The molecule has 0 bridgehead atoms. The Kier molecular flexibility index (Phi) is 9.35. The minimum absolute atomic E-state index is 0.0233. The van der Waals surface area contributed by atoms with Gasteiger partial charge in [0.05, 0.1) is 24.9 Å². The number of amides is 4. The van der Waals surface area contributed by atoms with Crippen molar-refractivity contribution in [2.24, 2.45) is 11.8 Å². The average Bonchev–Trinajstić information content (AvgIpc) is 3.44. The smallest absolute Gasteiger partial charge is 0.330 e. The van der Waals surface area contributed by atoms with Crippen LogP contribution in [0.2, 0.25) is 0 Å². The van der Waals surface area contributed by atoms with Crippen molar-refractivity contribution < 1.29 is 43.2 Å². The summed E-state index contributed by atoms with van der Waals surface area (Å²) in [6.07, 6.45) is 1.13. The number of nitrogens with one attached hydrogen (secondary N) is 1. The fourth-order valence-electron chi connectivity index (χ4n) is 7.86. The number of methoxy groups -OCH3 is 1. The average molecular weight is 742 g/mol. The van der Waals surface area contributed by atoms with Crippen LogP contribution in [0.25, 0.3) is 22.2 Å². The molecule has 2 aromatic carbocycles. The summed E-state index contributed by atoms with van der Waals surface area (Å²) in [5.41, 5.74) is 0.00558. The lowest BCUT2D eigenvalue weighted by Gasteiger charge is -2.36. The first-order valence-electron chi connectivity index (χ1n) is 18.3. The second-order valence-electron chi connectivity index (χ2n) is 15.7. The van der Waals surface area contributed by atoms with Gasteiger partial charge in [0.2, 0.25) is 18.6 Å². The fourth-order valence-corrected chi connectivity index (χ4v) is 7.86. The van der Waals surface area contributed by atoms with Crippen LogP contribution in [0.5, 0.6) is 23.0 Å². The zero-order valence-corrected chi connectivity index (χ0v) is 31.5. The van der Waals surface area contributed by atoms with Gasteiger partial charge in [0.15, 0.2) is 11.5 Å². The number of aromatic nitrogens is 1. The minimum atomic E-state index is -1.50. The molecule has 0 radical (unpaired) electrons. The first kappa shape index (κ1) is 36.8. The highest BCUT2D eigenvalue weighted by Gasteiger charge is 2.61. The van der Waals surface area contributed by atoms with Crippen LogP contribution in [0.15, 0.2) is 55.1 Å². The number of carbonyl (C=O) groups is 4. The molecule has 5 atom stereocenters. The lowest BCUT2D eigenvalue weighted by atomic mass is 10.0. The van der Waals surface area contributed by atoms with Crippen LogP contribution < -0.4 is 24.3 Å². The van der Waals surface area contributed by atoms with E-state index in [9.17, 15) is 24.3 Å². The quantitative estimate of drug-likeness (QED) is 0.264. The van der Waals surface area contributed by atoms with Crippen molar-refractivity contribution in [1.29, 1.82) is 0 Å². The number of carbonyl (C=O) groups excluding carboxylic acids is 3. The number of carboxylic acid groups (broad SMARTS) is 1. The molecule has 4 heterocycles. The number of hydrogen-bond acceptors (Lipinski definition) is 9. The van der Waals surface area contributed by atoms with Gasteiger partial charge in [-0.15, -0.1) is 6.58 Å². The summed E-state index contributed by atoms with van der Waals surface area (Å²) in [5.74, 6) is -0.586. The molecule has 14 nitrogen and oxygen atoms in total. The molecule has 0 spiro atoms. The highest BCUT2D eigenvalue weighted by atomic mass is 16.7. The molecule has 2 saturated heterocycles. The van der Waals surface area contributed by atoms with Crippen LogP contribution in [0.1, 0.15) is 47.5 Å². The summed E-state index contributed by atoms with van der Waals surface area (Å²) in [5, 5.41) is 13.5. The molecule has 14 heteroatoms. The van der Waals surface area contributed by atoms with E-state index < -0.39 is 53.0 Å². The Labute approximate surface area is 314 Å². The van der Waals surface area contributed by atoms with Crippen molar-refractivity contribution in [3.8, 4) is 34.3 Å². The molecule has 4 aliphatic rings. The second kappa shape index (κ2) is 13.7. The number of benzene rings is 2. The summed E-state index contributed by atoms with van der Waals surface area (Å²) in [7, 11) is 1.57. The number of hydrogen-bond donors (Lipinski definition) is 2. The molecule has 7 rings (SSSR count). The van der Waals surface area contributed by atoms with Crippen LogP contribution in [0, 0.1) is 11.8 Å². The van der Waals surface area contributed by atoms with Gasteiger partial charge >= 0.3 is 12.0 Å². The van der Waals surface area contributed by atoms with Crippen molar-refractivity contribution in [3.63, 3.8) is 0 Å². The fraction of sp³-hybridized carbons (Fsp3) is 0.475. The molecule has 1 saturated carbocycles. The highest BCUT2D eigenvalue weighted by molar-refractivity contribution is 5.97. The van der Waals surface area contributed by atoms with Gasteiger partial charge in [-0.1, -0.05) is 19.9 Å². The Morgan fingerprint density at radius 1 is 1.09 bits per heavy atom. The number of ether oxygens (including phenoxy) is 4. The Hall–Kier alpha value is -5.53. The summed E-state index contributed by atoms with van der Waals surface area (Å²) < 4.78 is 23.3. The first-order chi connectivity index (χ1) is 25.6. The van der Waals surface area contributed by atoms with E-state index in [0.29, 0.717) is 52.7 Å². The van der Waals surface area contributed by atoms with E-state index in [4.69, 9.17) is 23.9 Å². The number of urea groups is 1. The van der Waals surface area contributed by atoms with E-state index in [1.54, 1.807) is 29.0 Å². The van der Waals surface area contributed by atoms with Crippen molar-refractivity contribution in [1.82, 2.24) is 25.0 Å². The van der Waals surface area contributed by atoms with E-state index in [1.165, 1.54) is 11.0 Å². The number of pyridine rings is 1. The van der Waals surface area contributed by atoms with Crippen molar-refractivity contribution in [2.45, 2.75) is 76.7 Å². The molecule has 54 heavy (non-hydrogen) atoms. The molecule has 0 unspecified atom stereocenters. The zero-order valence-electron chi connectivity index (χ0n) is 31.5. The molecule has 286 valence electrons. The third kappa shape index (κ3) is 6.51. The molecule has 2 N–H and O–H groups in total.